The van der Waals surface area contributed by atoms with Crippen LogP contribution in [0.3, 0.4) is 0 Å². The molecule has 8 heteroatoms. The molecule has 0 spiro atoms. The third kappa shape index (κ3) is 2.43. The Hall–Kier alpha value is -1.69. The number of nitrogens with zero attached hydrogens (tertiary/aromatic N) is 1. The second-order valence-corrected chi connectivity index (χ2v) is 5.55. The predicted octanol–water partition coefficient (Wildman–Crippen LogP) is 0.242. The van der Waals surface area contributed by atoms with Gasteiger partial charge in [0.15, 0.2) is 0 Å². The number of hydrogen-bond donors (Lipinski definition) is 3. The van der Waals surface area contributed by atoms with Crippen LogP contribution >= 0.6 is 7.60 Å². The first-order valence-corrected chi connectivity index (χ1v) is 6.79. The van der Waals surface area contributed by atoms with Crippen LogP contribution in [0.5, 0.6) is 0 Å². The van der Waals surface area contributed by atoms with Gasteiger partial charge in [-0.1, -0.05) is 30.3 Å². The Morgan fingerprint density at radius 3 is 2.33 bits per heavy atom. The minimum absolute atomic E-state index is 0.0119. The van der Waals surface area contributed by atoms with Crippen LogP contribution in [0, 0.1) is 0 Å². The quantitative estimate of drug-likeness (QED) is 0.539. The topological polar surface area (TPSA) is 107 Å². The number of amides is 3. The van der Waals surface area contributed by atoms with E-state index in [2.05, 4.69) is 0 Å². The molecule has 1 atom stereocenters. The molecule has 1 aliphatic rings. The number of carbonyl (C=O) groups is 2. The van der Waals surface area contributed by atoms with E-state index in [0.29, 0.717) is 5.56 Å². The molecule has 1 aromatic rings. The van der Waals surface area contributed by atoms with E-state index in [4.69, 9.17) is 9.79 Å². The number of rotatable bonds is 3. The molecule has 96 valence electrons. The molecule has 0 radical (unpaired) electrons. The second-order valence-electron chi connectivity index (χ2n) is 3.85. The van der Waals surface area contributed by atoms with Gasteiger partial charge in [-0.2, -0.15) is 0 Å². The van der Waals surface area contributed by atoms with E-state index in [1.807, 2.05) is 5.32 Å². The Kier molecular flexibility index (Phi) is 3.21. The van der Waals surface area contributed by atoms with Crippen molar-refractivity contribution in [1.82, 2.24) is 10.2 Å². The summed E-state index contributed by atoms with van der Waals surface area (Å²) in [7, 11) is -4.67. The maximum atomic E-state index is 11.7. The molecular formula is C10H11N2O5P. The van der Waals surface area contributed by atoms with E-state index in [0.717, 1.165) is 4.90 Å². The summed E-state index contributed by atoms with van der Waals surface area (Å²) in [5, 5.41) is 1.99. The Bertz CT molecular complexity index is 526. The van der Waals surface area contributed by atoms with Crippen molar-refractivity contribution in [2.45, 2.75) is 12.3 Å². The van der Waals surface area contributed by atoms with Gasteiger partial charge in [-0.05, 0) is 5.56 Å². The lowest BCUT2D eigenvalue weighted by atomic mass is 10.2. The van der Waals surface area contributed by atoms with Crippen molar-refractivity contribution in [2.24, 2.45) is 0 Å². The van der Waals surface area contributed by atoms with Crippen LogP contribution in [0.15, 0.2) is 30.3 Å². The molecule has 0 aromatic heterocycles. The minimum Gasteiger partial charge on any atom is -0.323 e. The summed E-state index contributed by atoms with van der Waals surface area (Å²) >= 11 is 0. The fourth-order valence-electron chi connectivity index (χ4n) is 1.65. The van der Waals surface area contributed by atoms with Crippen LogP contribution < -0.4 is 5.32 Å². The van der Waals surface area contributed by atoms with Crippen molar-refractivity contribution in [3.63, 3.8) is 0 Å². The Morgan fingerprint density at radius 1 is 1.22 bits per heavy atom. The average molecular weight is 270 g/mol. The summed E-state index contributed by atoms with van der Waals surface area (Å²) in [6.07, 6.45) is 0. The second kappa shape index (κ2) is 4.53. The van der Waals surface area contributed by atoms with Crippen LogP contribution in [0.2, 0.25) is 0 Å². The average Bonchev–Trinajstić information content (AvgIpc) is 2.58. The highest BCUT2D eigenvalue weighted by Gasteiger charge is 2.47. The zero-order valence-corrected chi connectivity index (χ0v) is 10.1. The first-order chi connectivity index (χ1) is 8.39. The van der Waals surface area contributed by atoms with Gasteiger partial charge in [0.1, 0.15) is 0 Å². The molecule has 1 aliphatic heterocycles. The summed E-state index contributed by atoms with van der Waals surface area (Å²) in [6, 6.07) is 7.91. The van der Waals surface area contributed by atoms with E-state index in [1.165, 1.54) is 0 Å². The van der Waals surface area contributed by atoms with Gasteiger partial charge in [0.05, 0.1) is 6.54 Å². The number of nitrogens with one attached hydrogen (secondary N) is 1. The van der Waals surface area contributed by atoms with Crippen LogP contribution in [-0.2, 0) is 15.9 Å². The van der Waals surface area contributed by atoms with Gasteiger partial charge < -0.3 is 15.1 Å². The third-order valence-corrected chi connectivity index (χ3v) is 3.55. The Labute approximate surface area is 103 Å². The number of benzene rings is 1. The minimum atomic E-state index is -4.67. The highest BCUT2D eigenvalue weighted by Crippen LogP contribution is 2.42. The van der Waals surface area contributed by atoms with E-state index in [9.17, 15) is 14.2 Å². The van der Waals surface area contributed by atoms with Crippen molar-refractivity contribution < 1.29 is 23.9 Å². The molecule has 1 heterocycles. The summed E-state index contributed by atoms with van der Waals surface area (Å²) in [5.74, 6) is -2.68. The highest BCUT2D eigenvalue weighted by atomic mass is 31.2. The lowest BCUT2D eigenvalue weighted by molar-refractivity contribution is -0.126. The molecule has 18 heavy (non-hydrogen) atoms. The van der Waals surface area contributed by atoms with Crippen LogP contribution in [-0.4, -0.2) is 32.4 Å². The fraction of sp³-hybridized carbons (Fsp3) is 0.200. The Morgan fingerprint density at radius 2 is 1.83 bits per heavy atom. The van der Waals surface area contributed by atoms with Gasteiger partial charge in [-0.15, -0.1) is 0 Å². The molecule has 2 rings (SSSR count). The maximum Gasteiger partial charge on any atom is 0.357 e. The number of urea groups is 1. The van der Waals surface area contributed by atoms with E-state index in [-0.39, 0.29) is 6.54 Å². The van der Waals surface area contributed by atoms with Gasteiger partial charge in [-0.25, -0.2) is 4.79 Å². The van der Waals surface area contributed by atoms with Gasteiger partial charge >= 0.3 is 13.6 Å². The molecule has 3 amide bonds. The maximum absolute atomic E-state index is 11.7. The predicted molar refractivity (Wildman–Crippen MR) is 61.4 cm³/mol. The van der Waals surface area contributed by atoms with Gasteiger partial charge in [0.25, 0.3) is 5.91 Å². The highest BCUT2D eigenvalue weighted by molar-refractivity contribution is 7.53. The van der Waals surface area contributed by atoms with Gasteiger partial charge in [-0.3, -0.25) is 14.3 Å². The number of hydrogen-bond acceptors (Lipinski definition) is 3. The molecule has 1 fully saturated rings. The van der Waals surface area contributed by atoms with E-state index in [1.54, 1.807) is 30.3 Å². The molecule has 1 aromatic carbocycles. The SMILES string of the molecule is O=C1NC(P(=O)(O)O)C(=O)N1Cc1ccccc1. The number of carbonyl (C=O) groups excluding carboxylic acids is 2. The Balaban J connectivity index is 2.18. The van der Waals surface area contributed by atoms with Crippen molar-refractivity contribution in [1.29, 1.82) is 0 Å². The molecule has 0 aliphatic carbocycles. The molecular weight excluding hydrogens is 259 g/mol. The van der Waals surface area contributed by atoms with Crippen molar-refractivity contribution in [3.8, 4) is 0 Å². The van der Waals surface area contributed by atoms with E-state index < -0.39 is 25.3 Å². The van der Waals surface area contributed by atoms with Crippen LogP contribution in [0.25, 0.3) is 0 Å². The molecule has 1 unspecified atom stereocenters. The standard InChI is InChI=1S/C10H11N2O5P/c13-9-8(18(15,16)17)11-10(14)12(9)6-7-4-2-1-3-5-7/h1-5,8H,6H2,(H,11,14)(H2,15,16,17). The molecule has 3 N–H and O–H groups in total. The summed E-state index contributed by atoms with van der Waals surface area (Å²) in [6.45, 7) is -0.0119. The largest absolute Gasteiger partial charge is 0.357 e. The van der Waals surface area contributed by atoms with Crippen molar-refractivity contribution in [3.05, 3.63) is 35.9 Å². The zero-order chi connectivity index (χ0) is 13.3. The summed E-state index contributed by atoms with van der Waals surface area (Å²) in [5.41, 5.74) is 0.701. The van der Waals surface area contributed by atoms with Crippen molar-refractivity contribution >= 4 is 19.5 Å². The van der Waals surface area contributed by atoms with Crippen molar-refractivity contribution in [2.75, 3.05) is 0 Å². The normalized spacial score (nSPS) is 20.1. The zero-order valence-electron chi connectivity index (χ0n) is 9.18. The van der Waals surface area contributed by atoms with Gasteiger partial charge in [0, 0.05) is 0 Å². The summed E-state index contributed by atoms with van der Waals surface area (Å²) in [4.78, 5) is 41.9. The first-order valence-electron chi connectivity index (χ1n) is 5.10. The van der Waals surface area contributed by atoms with Gasteiger partial charge in [0.2, 0.25) is 5.78 Å². The lowest BCUT2D eigenvalue weighted by Crippen LogP contribution is -2.30. The molecule has 1 saturated heterocycles. The molecule has 0 saturated carbocycles. The molecule has 7 nitrogen and oxygen atoms in total. The third-order valence-electron chi connectivity index (χ3n) is 2.53. The molecule has 0 bridgehead atoms. The van der Waals surface area contributed by atoms with Crippen LogP contribution in [0.4, 0.5) is 4.79 Å². The summed E-state index contributed by atoms with van der Waals surface area (Å²) < 4.78 is 11.0. The van der Waals surface area contributed by atoms with E-state index >= 15 is 0 Å². The smallest absolute Gasteiger partial charge is 0.323 e. The lowest BCUT2D eigenvalue weighted by Gasteiger charge is -2.13. The first kappa shape index (κ1) is 12.8. The van der Waals surface area contributed by atoms with Crippen LogP contribution in [0.1, 0.15) is 5.56 Å². The number of imide groups is 1. The fourth-order valence-corrected chi connectivity index (χ4v) is 2.35. The monoisotopic (exact) mass is 270 g/mol.